The highest BCUT2D eigenvalue weighted by atomic mass is 16.5. The van der Waals surface area contributed by atoms with Gasteiger partial charge in [0.15, 0.2) is 0 Å². The zero-order valence-corrected chi connectivity index (χ0v) is 9.74. The Balaban J connectivity index is 1.90. The minimum Gasteiger partial charge on any atom is -0.379 e. The molecule has 0 aromatic carbocycles. The van der Waals surface area contributed by atoms with Crippen LogP contribution >= 0.6 is 0 Å². The summed E-state index contributed by atoms with van der Waals surface area (Å²) in [5, 5.41) is 0. The molecule has 0 saturated carbocycles. The summed E-state index contributed by atoms with van der Waals surface area (Å²) in [6.45, 7) is 9.75. The quantitative estimate of drug-likeness (QED) is 0.707. The van der Waals surface area contributed by atoms with Crippen LogP contribution in [-0.4, -0.2) is 56.5 Å². The molecule has 0 spiro atoms. The standard InChI is InChI=1S/C11H22N2O2/c1-9-5-13(3-4-15-9)7-11(2)8-14-6-10(11)12/h9-10H,3-8,12H2,1-2H3. The van der Waals surface area contributed by atoms with Crippen LogP contribution in [0.1, 0.15) is 13.8 Å². The molecule has 2 heterocycles. The van der Waals surface area contributed by atoms with Crippen molar-refractivity contribution in [3.8, 4) is 0 Å². The van der Waals surface area contributed by atoms with Crippen LogP contribution in [0.4, 0.5) is 0 Å². The monoisotopic (exact) mass is 214 g/mol. The summed E-state index contributed by atoms with van der Waals surface area (Å²) in [6, 6.07) is 0.177. The maximum absolute atomic E-state index is 6.08. The first-order chi connectivity index (χ1) is 7.10. The lowest BCUT2D eigenvalue weighted by Gasteiger charge is -2.38. The Morgan fingerprint density at radius 2 is 2.33 bits per heavy atom. The Morgan fingerprint density at radius 3 is 2.93 bits per heavy atom. The van der Waals surface area contributed by atoms with E-state index in [1.807, 2.05) is 0 Å². The molecule has 0 aromatic heterocycles. The molecule has 2 N–H and O–H groups in total. The second kappa shape index (κ2) is 4.37. The minimum absolute atomic E-state index is 0.122. The van der Waals surface area contributed by atoms with Gasteiger partial charge in [0.05, 0.1) is 25.9 Å². The van der Waals surface area contributed by atoms with E-state index in [0.29, 0.717) is 12.7 Å². The largest absolute Gasteiger partial charge is 0.379 e. The molecule has 3 atom stereocenters. The van der Waals surface area contributed by atoms with Gasteiger partial charge in [-0.25, -0.2) is 0 Å². The molecule has 2 fully saturated rings. The number of morpholine rings is 1. The molecule has 15 heavy (non-hydrogen) atoms. The van der Waals surface area contributed by atoms with E-state index in [2.05, 4.69) is 18.7 Å². The predicted molar refractivity (Wildman–Crippen MR) is 58.8 cm³/mol. The topological polar surface area (TPSA) is 47.7 Å². The van der Waals surface area contributed by atoms with Gasteiger partial charge in [-0.05, 0) is 6.92 Å². The van der Waals surface area contributed by atoms with Crippen molar-refractivity contribution < 1.29 is 9.47 Å². The fourth-order valence-electron chi connectivity index (χ4n) is 2.44. The average molecular weight is 214 g/mol. The first-order valence-corrected chi connectivity index (χ1v) is 5.77. The SMILES string of the molecule is CC1CN(CC2(C)COCC2N)CCO1. The number of hydrogen-bond acceptors (Lipinski definition) is 4. The Morgan fingerprint density at radius 1 is 1.53 bits per heavy atom. The predicted octanol–water partition coefficient (Wildman–Crippen LogP) is 0.0709. The Bertz CT molecular complexity index is 225. The number of ether oxygens (including phenoxy) is 2. The summed E-state index contributed by atoms with van der Waals surface area (Å²) in [5.74, 6) is 0. The van der Waals surface area contributed by atoms with Crippen LogP contribution in [0.2, 0.25) is 0 Å². The molecule has 2 saturated heterocycles. The zero-order chi connectivity index (χ0) is 10.9. The van der Waals surface area contributed by atoms with Crippen molar-refractivity contribution in [2.45, 2.75) is 26.0 Å². The number of nitrogens with two attached hydrogens (primary N) is 1. The van der Waals surface area contributed by atoms with Crippen molar-refractivity contribution in [2.24, 2.45) is 11.1 Å². The third-order valence-corrected chi connectivity index (χ3v) is 3.53. The minimum atomic E-state index is 0.122. The van der Waals surface area contributed by atoms with Gasteiger partial charge in [-0.3, -0.25) is 4.90 Å². The smallest absolute Gasteiger partial charge is 0.0674 e. The molecule has 2 aliphatic heterocycles. The molecule has 0 aliphatic carbocycles. The van der Waals surface area contributed by atoms with Crippen LogP contribution in [0.15, 0.2) is 0 Å². The van der Waals surface area contributed by atoms with E-state index >= 15 is 0 Å². The van der Waals surface area contributed by atoms with Gasteiger partial charge in [-0.15, -0.1) is 0 Å². The van der Waals surface area contributed by atoms with Gasteiger partial charge in [-0.1, -0.05) is 6.92 Å². The number of hydrogen-bond donors (Lipinski definition) is 1. The fourth-order valence-corrected chi connectivity index (χ4v) is 2.44. The Kier molecular flexibility index (Phi) is 3.30. The van der Waals surface area contributed by atoms with E-state index in [-0.39, 0.29) is 11.5 Å². The van der Waals surface area contributed by atoms with Gasteiger partial charge in [0, 0.05) is 31.1 Å². The Labute approximate surface area is 91.7 Å². The lowest BCUT2D eigenvalue weighted by Crippen LogP contribution is -2.51. The van der Waals surface area contributed by atoms with Crippen molar-refractivity contribution in [1.29, 1.82) is 0 Å². The summed E-state index contributed by atoms with van der Waals surface area (Å²) in [4.78, 5) is 2.45. The summed E-state index contributed by atoms with van der Waals surface area (Å²) in [6.07, 6.45) is 0.348. The van der Waals surface area contributed by atoms with Crippen molar-refractivity contribution in [3.05, 3.63) is 0 Å². The first-order valence-electron chi connectivity index (χ1n) is 5.77. The lowest BCUT2D eigenvalue weighted by atomic mass is 9.85. The molecule has 2 rings (SSSR count). The highest BCUT2D eigenvalue weighted by Gasteiger charge is 2.39. The van der Waals surface area contributed by atoms with E-state index in [1.165, 1.54) is 0 Å². The molecule has 2 aliphatic rings. The normalized spacial score (nSPS) is 43.4. The molecule has 0 radical (unpaired) electrons. The molecule has 0 amide bonds. The second-order valence-corrected chi connectivity index (χ2v) is 5.19. The van der Waals surface area contributed by atoms with E-state index in [1.54, 1.807) is 0 Å². The Hall–Kier alpha value is -0.160. The maximum Gasteiger partial charge on any atom is 0.0674 e. The van der Waals surface area contributed by atoms with Crippen LogP contribution in [-0.2, 0) is 9.47 Å². The van der Waals surface area contributed by atoms with E-state index < -0.39 is 0 Å². The first kappa shape index (κ1) is 11.3. The molecule has 4 heteroatoms. The van der Waals surface area contributed by atoms with Gasteiger partial charge in [0.1, 0.15) is 0 Å². The second-order valence-electron chi connectivity index (χ2n) is 5.19. The molecule has 4 nitrogen and oxygen atoms in total. The van der Waals surface area contributed by atoms with Gasteiger partial charge in [0.25, 0.3) is 0 Å². The highest BCUT2D eigenvalue weighted by Crippen LogP contribution is 2.28. The summed E-state index contributed by atoms with van der Waals surface area (Å²) >= 11 is 0. The van der Waals surface area contributed by atoms with Crippen molar-refractivity contribution in [3.63, 3.8) is 0 Å². The van der Waals surface area contributed by atoms with Crippen molar-refractivity contribution in [1.82, 2.24) is 4.90 Å². The molecule has 0 bridgehead atoms. The van der Waals surface area contributed by atoms with Crippen LogP contribution in [0.3, 0.4) is 0 Å². The summed E-state index contributed by atoms with van der Waals surface area (Å²) in [7, 11) is 0. The number of rotatable bonds is 2. The summed E-state index contributed by atoms with van der Waals surface area (Å²) in [5.41, 5.74) is 6.20. The van der Waals surface area contributed by atoms with Crippen molar-refractivity contribution >= 4 is 0 Å². The van der Waals surface area contributed by atoms with Gasteiger partial charge < -0.3 is 15.2 Å². The van der Waals surface area contributed by atoms with E-state index in [4.69, 9.17) is 15.2 Å². The van der Waals surface area contributed by atoms with Crippen LogP contribution in [0.5, 0.6) is 0 Å². The third-order valence-electron chi connectivity index (χ3n) is 3.53. The summed E-state index contributed by atoms with van der Waals surface area (Å²) < 4.78 is 11.0. The molecule has 88 valence electrons. The van der Waals surface area contributed by atoms with E-state index in [0.717, 1.165) is 32.8 Å². The lowest BCUT2D eigenvalue weighted by molar-refractivity contribution is -0.0324. The van der Waals surface area contributed by atoms with Gasteiger partial charge >= 0.3 is 0 Å². The molecule has 3 unspecified atom stereocenters. The van der Waals surface area contributed by atoms with Crippen LogP contribution in [0, 0.1) is 5.41 Å². The van der Waals surface area contributed by atoms with Gasteiger partial charge in [-0.2, -0.15) is 0 Å². The molecular weight excluding hydrogens is 192 g/mol. The maximum atomic E-state index is 6.08. The van der Waals surface area contributed by atoms with Crippen LogP contribution in [0.25, 0.3) is 0 Å². The highest BCUT2D eigenvalue weighted by molar-refractivity contribution is 4.93. The molecule has 0 aromatic rings. The third kappa shape index (κ3) is 2.50. The van der Waals surface area contributed by atoms with E-state index in [9.17, 15) is 0 Å². The zero-order valence-electron chi connectivity index (χ0n) is 9.74. The van der Waals surface area contributed by atoms with Crippen LogP contribution < -0.4 is 5.73 Å². The number of nitrogens with zero attached hydrogens (tertiary/aromatic N) is 1. The fraction of sp³-hybridized carbons (Fsp3) is 1.00. The molecular formula is C11H22N2O2. The average Bonchev–Trinajstić information content (AvgIpc) is 2.47. The van der Waals surface area contributed by atoms with Crippen molar-refractivity contribution in [2.75, 3.05) is 39.5 Å². The van der Waals surface area contributed by atoms with Gasteiger partial charge in [0.2, 0.25) is 0 Å².